The van der Waals surface area contributed by atoms with E-state index in [-0.39, 0.29) is 0 Å². The van der Waals surface area contributed by atoms with E-state index in [1.165, 1.54) is 0 Å². The molecule has 0 saturated carbocycles. The number of ether oxygens (including phenoxy) is 3. The summed E-state index contributed by atoms with van der Waals surface area (Å²) in [6.45, 7) is -0.738. The molecule has 0 spiro atoms. The van der Waals surface area contributed by atoms with Crippen molar-refractivity contribution in [2.75, 3.05) is 6.61 Å². The molecule has 12 heteroatoms. The van der Waals surface area contributed by atoms with Gasteiger partial charge in [-0.15, -0.1) is 0 Å². The van der Waals surface area contributed by atoms with Gasteiger partial charge in [-0.3, -0.25) is 0 Å². The number of carboxylic acids is 1. The van der Waals surface area contributed by atoms with Gasteiger partial charge in [0.2, 0.25) is 0 Å². The minimum absolute atomic E-state index is 0.738. The highest BCUT2D eigenvalue weighted by Gasteiger charge is 2.52. The van der Waals surface area contributed by atoms with Crippen LogP contribution in [-0.2, 0) is 19.0 Å². The molecule has 8 N–H and O–H groups in total. The molecule has 140 valence electrons. The minimum Gasteiger partial charge on any atom is -0.479 e. The van der Waals surface area contributed by atoms with Crippen LogP contribution < -0.4 is 0 Å². The third-order valence-electron chi connectivity index (χ3n) is 3.95. The number of aliphatic carboxylic acids is 1. The van der Waals surface area contributed by atoms with Crippen LogP contribution in [0.3, 0.4) is 0 Å². The van der Waals surface area contributed by atoms with E-state index in [0.29, 0.717) is 0 Å². The molecule has 12 nitrogen and oxygen atoms in total. The lowest BCUT2D eigenvalue weighted by molar-refractivity contribution is -0.350. The van der Waals surface area contributed by atoms with Crippen LogP contribution in [0.5, 0.6) is 0 Å². The molecule has 0 aromatic heterocycles. The Hall–Kier alpha value is -0.930. The number of carboxylic acid groups (broad SMARTS) is 1. The number of carbonyl (C=O) groups is 1. The van der Waals surface area contributed by atoms with Crippen molar-refractivity contribution in [3.05, 3.63) is 0 Å². The standard InChI is InChI=1S/C12H20O12/c13-1-2-3(14)4(15)7(18)12(22-2)24-8-5(16)6(17)11(21)23-9(8)10(19)20/h2-9,11-18,21H,1H2,(H,19,20)/t2-,3+,4+,5-,6-,7-,8+,9+,11-,12+/m1/s1. The number of hydrogen-bond acceptors (Lipinski definition) is 11. The van der Waals surface area contributed by atoms with Crippen LogP contribution in [0.15, 0.2) is 0 Å². The Labute approximate surface area is 135 Å². The van der Waals surface area contributed by atoms with Gasteiger partial charge in [0, 0.05) is 0 Å². The van der Waals surface area contributed by atoms with E-state index in [9.17, 15) is 35.4 Å². The second-order valence-corrected chi connectivity index (χ2v) is 5.56. The van der Waals surface area contributed by atoms with Crippen LogP contribution in [0.4, 0.5) is 0 Å². The van der Waals surface area contributed by atoms with E-state index in [1.54, 1.807) is 0 Å². The first-order valence-corrected chi connectivity index (χ1v) is 7.07. The average Bonchev–Trinajstić information content (AvgIpc) is 2.54. The summed E-state index contributed by atoms with van der Waals surface area (Å²) in [6, 6.07) is 0. The van der Waals surface area contributed by atoms with Crippen LogP contribution in [0, 0.1) is 0 Å². The molecular weight excluding hydrogens is 336 g/mol. The first-order valence-electron chi connectivity index (χ1n) is 7.07. The molecule has 0 aromatic carbocycles. The van der Waals surface area contributed by atoms with E-state index in [0.717, 1.165) is 0 Å². The van der Waals surface area contributed by atoms with Crippen molar-refractivity contribution in [3.63, 3.8) is 0 Å². The van der Waals surface area contributed by atoms with Gasteiger partial charge in [-0.1, -0.05) is 0 Å². The number of hydrogen-bond donors (Lipinski definition) is 8. The SMILES string of the molecule is O=C(O)[C@H]1O[C@@H](O)[C@H](O)[C@@H](O)[C@@H]1O[C@@H]1O[C@H](CO)[C@H](O)[C@H](O)[C@H]1O. The highest BCUT2D eigenvalue weighted by Crippen LogP contribution is 2.28. The van der Waals surface area contributed by atoms with Crippen molar-refractivity contribution in [1.29, 1.82) is 0 Å². The summed E-state index contributed by atoms with van der Waals surface area (Å²) < 4.78 is 14.8. The zero-order chi connectivity index (χ0) is 18.2. The Kier molecular flexibility index (Phi) is 6.09. The molecule has 24 heavy (non-hydrogen) atoms. The second kappa shape index (κ2) is 7.53. The van der Waals surface area contributed by atoms with Gasteiger partial charge in [0.15, 0.2) is 18.7 Å². The first-order chi connectivity index (χ1) is 11.2. The van der Waals surface area contributed by atoms with Crippen molar-refractivity contribution in [3.8, 4) is 0 Å². The summed E-state index contributed by atoms with van der Waals surface area (Å²) in [4.78, 5) is 11.2. The monoisotopic (exact) mass is 356 g/mol. The molecular formula is C12H20O12. The van der Waals surface area contributed by atoms with Gasteiger partial charge >= 0.3 is 5.97 Å². The topological polar surface area (TPSA) is 207 Å². The van der Waals surface area contributed by atoms with Crippen molar-refractivity contribution in [2.24, 2.45) is 0 Å². The van der Waals surface area contributed by atoms with Crippen molar-refractivity contribution in [2.45, 2.75) is 61.4 Å². The lowest BCUT2D eigenvalue weighted by atomic mass is 9.97. The fourth-order valence-corrected chi connectivity index (χ4v) is 2.54. The van der Waals surface area contributed by atoms with Crippen LogP contribution in [0.1, 0.15) is 0 Å². The summed E-state index contributed by atoms with van der Waals surface area (Å²) in [5, 5.41) is 76.2. The third kappa shape index (κ3) is 3.52. The van der Waals surface area contributed by atoms with Gasteiger partial charge in [0.05, 0.1) is 6.61 Å². The Bertz CT molecular complexity index is 444. The highest BCUT2D eigenvalue weighted by molar-refractivity contribution is 5.73. The van der Waals surface area contributed by atoms with Gasteiger partial charge < -0.3 is 55.1 Å². The summed E-state index contributed by atoms with van der Waals surface area (Å²) in [5.74, 6) is -1.63. The fourth-order valence-electron chi connectivity index (χ4n) is 2.54. The molecule has 2 saturated heterocycles. The zero-order valence-corrected chi connectivity index (χ0v) is 12.2. The largest absolute Gasteiger partial charge is 0.479 e. The second-order valence-electron chi connectivity index (χ2n) is 5.56. The molecule has 2 rings (SSSR count). The quantitative estimate of drug-likeness (QED) is 0.238. The molecule has 0 aliphatic carbocycles. The molecule has 0 radical (unpaired) electrons. The summed E-state index contributed by atoms with van der Waals surface area (Å²) in [7, 11) is 0. The van der Waals surface area contributed by atoms with E-state index >= 15 is 0 Å². The number of rotatable bonds is 4. The Balaban J connectivity index is 2.18. The molecule has 10 atom stereocenters. The van der Waals surface area contributed by atoms with Gasteiger partial charge in [0.25, 0.3) is 0 Å². The number of aliphatic hydroxyl groups excluding tert-OH is 7. The van der Waals surface area contributed by atoms with Crippen molar-refractivity contribution in [1.82, 2.24) is 0 Å². The van der Waals surface area contributed by atoms with E-state index < -0.39 is 74.0 Å². The molecule has 0 aromatic rings. The smallest absolute Gasteiger partial charge is 0.335 e. The molecule has 2 aliphatic heterocycles. The van der Waals surface area contributed by atoms with E-state index in [4.69, 9.17) is 19.7 Å². The highest BCUT2D eigenvalue weighted by atomic mass is 16.7. The summed E-state index contributed by atoms with van der Waals surface area (Å²) >= 11 is 0. The maximum absolute atomic E-state index is 11.2. The van der Waals surface area contributed by atoms with Gasteiger partial charge in [-0.05, 0) is 0 Å². The maximum Gasteiger partial charge on any atom is 0.335 e. The molecule has 2 aliphatic rings. The molecule has 0 amide bonds. The van der Waals surface area contributed by atoms with Crippen molar-refractivity contribution >= 4 is 5.97 Å². The van der Waals surface area contributed by atoms with Crippen LogP contribution in [0.2, 0.25) is 0 Å². The van der Waals surface area contributed by atoms with Crippen LogP contribution in [-0.4, -0.2) is 115 Å². The Morgan fingerprint density at radius 3 is 2.04 bits per heavy atom. The molecule has 0 bridgehead atoms. The van der Waals surface area contributed by atoms with Crippen LogP contribution in [0.25, 0.3) is 0 Å². The van der Waals surface area contributed by atoms with Gasteiger partial charge in [-0.25, -0.2) is 4.79 Å². The predicted molar refractivity (Wildman–Crippen MR) is 69.2 cm³/mol. The Morgan fingerprint density at radius 1 is 0.875 bits per heavy atom. The van der Waals surface area contributed by atoms with Crippen LogP contribution >= 0.6 is 0 Å². The predicted octanol–water partition coefficient (Wildman–Crippen LogP) is -5.30. The summed E-state index contributed by atoms with van der Waals surface area (Å²) in [6.07, 6.45) is -17.8. The molecule has 2 heterocycles. The average molecular weight is 356 g/mol. The number of aliphatic hydroxyl groups is 7. The fraction of sp³-hybridized carbons (Fsp3) is 0.917. The maximum atomic E-state index is 11.2. The first kappa shape index (κ1) is 19.4. The lowest BCUT2D eigenvalue weighted by Gasteiger charge is -2.44. The zero-order valence-electron chi connectivity index (χ0n) is 12.2. The molecule has 2 fully saturated rings. The van der Waals surface area contributed by atoms with Gasteiger partial charge in [-0.2, -0.15) is 0 Å². The normalized spacial score (nSPS) is 49.8. The molecule has 0 unspecified atom stereocenters. The van der Waals surface area contributed by atoms with Crippen molar-refractivity contribution < 1.29 is 59.9 Å². The summed E-state index contributed by atoms with van der Waals surface area (Å²) in [5.41, 5.74) is 0. The lowest BCUT2D eigenvalue weighted by Crippen LogP contribution is -2.65. The van der Waals surface area contributed by atoms with Gasteiger partial charge in [0.1, 0.15) is 42.7 Å². The van der Waals surface area contributed by atoms with E-state index in [2.05, 4.69) is 4.74 Å². The Morgan fingerprint density at radius 2 is 1.50 bits per heavy atom. The minimum atomic E-state index is -1.98. The third-order valence-corrected chi connectivity index (χ3v) is 3.95. The van der Waals surface area contributed by atoms with E-state index in [1.807, 2.05) is 0 Å².